The minimum Gasteiger partial charge on any atom is -0.423 e. The number of aliphatic hydroxyl groups excluding tert-OH is 4. The number of ether oxygens (including phenoxy) is 1. The Morgan fingerprint density at radius 1 is 1.17 bits per heavy atom. The zero-order chi connectivity index (χ0) is 17.4. The fourth-order valence-corrected chi connectivity index (χ4v) is 2.86. The van der Waals surface area contributed by atoms with Gasteiger partial charge >= 0.3 is 5.63 Å². The molecule has 5 atom stereocenters. The van der Waals surface area contributed by atoms with E-state index < -0.39 is 42.9 Å². The zero-order valence-corrected chi connectivity index (χ0v) is 12.9. The van der Waals surface area contributed by atoms with Crippen molar-refractivity contribution in [1.29, 1.82) is 0 Å². The summed E-state index contributed by atoms with van der Waals surface area (Å²) < 4.78 is 10.2. The first kappa shape index (κ1) is 16.9. The predicted molar refractivity (Wildman–Crippen MR) is 84.6 cm³/mol. The Morgan fingerprint density at radius 2 is 1.92 bits per heavy atom. The number of rotatable bonds is 3. The van der Waals surface area contributed by atoms with Crippen LogP contribution in [0, 0.1) is 6.92 Å². The Morgan fingerprint density at radius 3 is 2.62 bits per heavy atom. The van der Waals surface area contributed by atoms with E-state index in [-0.39, 0.29) is 0 Å². The Hall–Kier alpha value is -1.97. The molecular formula is C16H19NO7. The zero-order valence-electron chi connectivity index (χ0n) is 12.9. The van der Waals surface area contributed by atoms with Gasteiger partial charge in [0.25, 0.3) is 0 Å². The van der Waals surface area contributed by atoms with Crippen LogP contribution < -0.4 is 10.9 Å². The topological polar surface area (TPSA) is 132 Å². The summed E-state index contributed by atoms with van der Waals surface area (Å²) in [6, 6.07) is 5.37. The number of anilines is 1. The number of benzene rings is 1. The van der Waals surface area contributed by atoms with Gasteiger partial charge < -0.3 is 34.9 Å². The fourth-order valence-electron chi connectivity index (χ4n) is 2.86. The first-order valence-electron chi connectivity index (χ1n) is 7.52. The van der Waals surface area contributed by atoms with Gasteiger partial charge in [-0.15, -0.1) is 0 Å². The van der Waals surface area contributed by atoms with Crippen LogP contribution in [0.5, 0.6) is 0 Å². The second-order valence-electron chi connectivity index (χ2n) is 5.86. The van der Waals surface area contributed by atoms with Gasteiger partial charge in [-0.2, -0.15) is 0 Å². The molecule has 5 N–H and O–H groups in total. The highest BCUT2D eigenvalue weighted by molar-refractivity contribution is 5.83. The molecule has 1 aromatic heterocycles. The number of aliphatic hydroxyl groups is 4. The Bertz CT molecular complexity index is 790. The van der Waals surface area contributed by atoms with E-state index in [1.54, 1.807) is 25.1 Å². The van der Waals surface area contributed by atoms with Crippen LogP contribution in [0.1, 0.15) is 5.56 Å². The molecule has 8 heteroatoms. The fraction of sp³-hybridized carbons (Fsp3) is 0.438. The molecule has 3 rings (SSSR count). The van der Waals surface area contributed by atoms with E-state index in [0.29, 0.717) is 11.3 Å². The normalized spacial score (nSPS) is 30.5. The number of aryl methyl sites for hydroxylation is 1. The molecule has 0 radical (unpaired) electrons. The molecule has 3 unspecified atom stereocenters. The molecule has 24 heavy (non-hydrogen) atoms. The molecule has 0 saturated carbocycles. The van der Waals surface area contributed by atoms with Crippen LogP contribution in [-0.2, 0) is 4.74 Å². The summed E-state index contributed by atoms with van der Waals surface area (Å²) >= 11 is 0. The summed E-state index contributed by atoms with van der Waals surface area (Å²) in [5.41, 5.74) is 1.13. The molecule has 1 aromatic carbocycles. The standard InChI is InChI=1S/C16H19NO7/c1-7-4-12(19)23-10-5-8(2-3-9(7)10)17-13-15(21)14(20)11(6-18)24-16(13)22/h2-5,11,13-18,20-22H,6H2,1H3/t11?,13?,14-,15-,16?/m1/s1. The van der Waals surface area contributed by atoms with Crippen molar-refractivity contribution < 1.29 is 29.6 Å². The number of nitrogens with one attached hydrogen (secondary N) is 1. The van der Waals surface area contributed by atoms with Crippen molar-refractivity contribution in [2.24, 2.45) is 0 Å². The van der Waals surface area contributed by atoms with Gasteiger partial charge in [0.1, 0.15) is 29.9 Å². The van der Waals surface area contributed by atoms with Gasteiger partial charge in [-0.05, 0) is 24.6 Å². The van der Waals surface area contributed by atoms with Crippen LogP contribution in [0.2, 0.25) is 0 Å². The molecule has 1 saturated heterocycles. The van der Waals surface area contributed by atoms with E-state index in [0.717, 1.165) is 10.9 Å². The van der Waals surface area contributed by atoms with Gasteiger partial charge in [0.2, 0.25) is 0 Å². The first-order chi connectivity index (χ1) is 11.4. The van der Waals surface area contributed by atoms with Gasteiger partial charge in [0, 0.05) is 23.2 Å². The Labute approximate surface area is 136 Å². The van der Waals surface area contributed by atoms with E-state index >= 15 is 0 Å². The summed E-state index contributed by atoms with van der Waals surface area (Å²) in [7, 11) is 0. The lowest BCUT2D eigenvalue weighted by molar-refractivity contribution is -0.245. The molecule has 1 aliphatic heterocycles. The van der Waals surface area contributed by atoms with Crippen molar-refractivity contribution in [2.45, 2.75) is 37.6 Å². The van der Waals surface area contributed by atoms with Crippen molar-refractivity contribution >= 4 is 16.7 Å². The highest BCUT2D eigenvalue weighted by Gasteiger charge is 2.43. The maximum absolute atomic E-state index is 11.5. The van der Waals surface area contributed by atoms with E-state index in [1.165, 1.54) is 6.07 Å². The van der Waals surface area contributed by atoms with Crippen LogP contribution in [0.15, 0.2) is 33.5 Å². The maximum Gasteiger partial charge on any atom is 0.336 e. The van der Waals surface area contributed by atoms with Crippen LogP contribution in [0.3, 0.4) is 0 Å². The largest absolute Gasteiger partial charge is 0.423 e. The Kier molecular flexibility index (Phi) is 4.57. The van der Waals surface area contributed by atoms with E-state index in [2.05, 4.69) is 5.32 Å². The number of hydrogen-bond donors (Lipinski definition) is 5. The van der Waals surface area contributed by atoms with Crippen molar-refractivity contribution in [3.05, 3.63) is 40.2 Å². The molecule has 130 valence electrons. The third kappa shape index (κ3) is 3.02. The molecule has 8 nitrogen and oxygen atoms in total. The Balaban J connectivity index is 1.88. The molecule has 0 bridgehead atoms. The van der Waals surface area contributed by atoms with Gasteiger partial charge in [0.05, 0.1) is 6.61 Å². The van der Waals surface area contributed by atoms with E-state index in [9.17, 15) is 20.1 Å². The SMILES string of the molecule is Cc1cc(=O)oc2cc(NC3C(O)OC(CO)[C@@H](O)[C@@H]3O)ccc12. The van der Waals surface area contributed by atoms with E-state index in [1.807, 2.05) is 0 Å². The van der Waals surface area contributed by atoms with Gasteiger partial charge in [-0.3, -0.25) is 0 Å². The lowest BCUT2D eigenvalue weighted by Crippen LogP contribution is -2.61. The molecule has 0 amide bonds. The third-order valence-electron chi connectivity index (χ3n) is 4.18. The molecule has 0 spiro atoms. The summed E-state index contributed by atoms with van der Waals surface area (Å²) in [6.07, 6.45) is -5.20. The second-order valence-corrected chi connectivity index (χ2v) is 5.86. The highest BCUT2D eigenvalue weighted by Crippen LogP contribution is 2.25. The van der Waals surface area contributed by atoms with Gasteiger partial charge in [-0.1, -0.05) is 0 Å². The van der Waals surface area contributed by atoms with Crippen molar-refractivity contribution in [3.63, 3.8) is 0 Å². The predicted octanol–water partition coefficient (Wildman–Crippen LogP) is -0.687. The van der Waals surface area contributed by atoms with Gasteiger partial charge in [0.15, 0.2) is 6.29 Å². The first-order valence-corrected chi connectivity index (χ1v) is 7.52. The van der Waals surface area contributed by atoms with E-state index in [4.69, 9.17) is 14.3 Å². The quantitative estimate of drug-likeness (QED) is 0.465. The van der Waals surface area contributed by atoms with Crippen LogP contribution in [0.25, 0.3) is 11.0 Å². The minimum absolute atomic E-state index is 0.361. The monoisotopic (exact) mass is 337 g/mol. The van der Waals surface area contributed by atoms with Crippen LogP contribution in [-0.4, -0.2) is 57.7 Å². The molecular weight excluding hydrogens is 318 g/mol. The van der Waals surface area contributed by atoms with Crippen molar-refractivity contribution in [1.82, 2.24) is 0 Å². The summed E-state index contributed by atoms with van der Waals surface area (Å²) in [4.78, 5) is 11.5. The smallest absolute Gasteiger partial charge is 0.336 e. The average Bonchev–Trinajstić information content (AvgIpc) is 2.54. The summed E-state index contributed by atoms with van der Waals surface area (Å²) in [5.74, 6) is 0. The lowest BCUT2D eigenvalue weighted by atomic mass is 9.97. The average molecular weight is 337 g/mol. The number of hydrogen-bond acceptors (Lipinski definition) is 8. The number of fused-ring (bicyclic) bond motifs is 1. The second kappa shape index (κ2) is 6.50. The summed E-state index contributed by atoms with van der Waals surface area (Å²) in [6.45, 7) is 1.27. The molecule has 1 aliphatic rings. The molecule has 2 heterocycles. The molecule has 1 fully saturated rings. The minimum atomic E-state index is -1.43. The molecule has 0 aliphatic carbocycles. The van der Waals surface area contributed by atoms with Gasteiger partial charge in [-0.25, -0.2) is 4.79 Å². The lowest BCUT2D eigenvalue weighted by Gasteiger charge is -2.40. The van der Waals surface area contributed by atoms with Crippen LogP contribution in [0.4, 0.5) is 5.69 Å². The highest BCUT2D eigenvalue weighted by atomic mass is 16.6. The maximum atomic E-state index is 11.5. The van der Waals surface area contributed by atoms with Crippen molar-refractivity contribution in [2.75, 3.05) is 11.9 Å². The van der Waals surface area contributed by atoms with Crippen molar-refractivity contribution in [3.8, 4) is 0 Å². The van der Waals surface area contributed by atoms with Crippen LogP contribution >= 0.6 is 0 Å². The molecule has 2 aromatic rings. The third-order valence-corrected chi connectivity index (χ3v) is 4.18. The summed E-state index contributed by atoms with van der Waals surface area (Å²) in [5, 5.41) is 42.7.